The van der Waals surface area contributed by atoms with Gasteiger partial charge in [-0.15, -0.1) is 0 Å². The van der Waals surface area contributed by atoms with Gasteiger partial charge in [-0.25, -0.2) is 8.42 Å². The molecular weight excluding hydrogens is 348 g/mol. The van der Waals surface area contributed by atoms with Crippen molar-refractivity contribution in [3.05, 3.63) is 65.2 Å². The van der Waals surface area contributed by atoms with Gasteiger partial charge >= 0.3 is 0 Å². The average molecular weight is 372 g/mol. The van der Waals surface area contributed by atoms with Crippen LogP contribution in [0.2, 0.25) is 0 Å². The summed E-state index contributed by atoms with van der Waals surface area (Å²) in [4.78, 5) is 12.5. The Bertz CT molecular complexity index is 910. The van der Waals surface area contributed by atoms with Crippen molar-refractivity contribution in [2.24, 2.45) is 0 Å². The highest BCUT2D eigenvalue weighted by Gasteiger charge is 2.32. The number of carbonyl (C=O) groups excluding carboxylic acids is 1. The molecule has 0 spiro atoms. The van der Waals surface area contributed by atoms with E-state index in [1.54, 1.807) is 18.2 Å². The number of nitrogens with zero attached hydrogens (tertiary/aromatic N) is 1. The van der Waals surface area contributed by atoms with Crippen molar-refractivity contribution in [3.8, 4) is 0 Å². The van der Waals surface area contributed by atoms with Crippen LogP contribution in [-0.4, -0.2) is 33.2 Å². The lowest BCUT2D eigenvalue weighted by Gasteiger charge is -2.22. The zero-order chi connectivity index (χ0) is 18.9. The first kappa shape index (κ1) is 18.5. The van der Waals surface area contributed by atoms with E-state index in [1.807, 2.05) is 37.3 Å². The van der Waals surface area contributed by atoms with Crippen LogP contribution in [0.15, 0.2) is 48.5 Å². The number of hydrogen-bond donors (Lipinski definition) is 1. The van der Waals surface area contributed by atoms with E-state index in [0.29, 0.717) is 24.2 Å². The van der Waals surface area contributed by atoms with Gasteiger partial charge in [0.2, 0.25) is 10.0 Å². The van der Waals surface area contributed by atoms with E-state index in [2.05, 4.69) is 12.2 Å². The van der Waals surface area contributed by atoms with Crippen LogP contribution in [0.25, 0.3) is 0 Å². The smallest absolute Gasteiger partial charge is 0.251 e. The van der Waals surface area contributed by atoms with E-state index in [1.165, 1.54) is 16.1 Å². The maximum absolute atomic E-state index is 12.5. The zero-order valence-electron chi connectivity index (χ0n) is 15.3. The second-order valence-corrected chi connectivity index (χ2v) is 8.84. The number of fused-ring (bicyclic) bond motifs is 1. The highest BCUT2D eigenvalue weighted by atomic mass is 32.2. The molecule has 1 aliphatic heterocycles. The molecule has 0 bridgehead atoms. The number of nitrogens with one attached hydrogen (secondary N) is 1. The molecule has 1 N–H and O–H groups in total. The van der Waals surface area contributed by atoms with Crippen LogP contribution in [0.3, 0.4) is 0 Å². The molecule has 2 aromatic carbocycles. The predicted molar refractivity (Wildman–Crippen MR) is 104 cm³/mol. The number of amides is 1. The van der Waals surface area contributed by atoms with Gasteiger partial charge in [0.1, 0.15) is 0 Å². The minimum absolute atomic E-state index is 0.128. The molecule has 0 aromatic heterocycles. The highest BCUT2D eigenvalue weighted by Crippen LogP contribution is 2.34. The molecule has 6 heteroatoms. The standard InChI is InChI=1S/C20H24N2O3S/c1-14(16-7-5-4-6-8-16)13-21-20(23)17-9-10-19-18(12-17)11-15(2)22(19)26(3,24)25/h4-10,12,14-15H,11,13H2,1-3H3,(H,21,23)/t14-,15+/m1/s1. The number of hydrogen-bond acceptors (Lipinski definition) is 3. The third-order valence-corrected chi connectivity index (χ3v) is 6.06. The Balaban J connectivity index is 1.71. The summed E-state index contributed by atoms with van der Waals surface area (Å²) in [6.07, 6.45) is 1.83. The molecule has 2 atom stereocenters. The average Bonchev–Trinajstić information content (AvgIpc) is 2.95. The van der Waals surface area contributed by atoms with Gasteiger partial charge in [-0.05, 0) is 48.6 Å². The van der Waals surface area contributed by atoms with Gasteiger partial charge in [0.15, 0.2) is 0 Å². The Morgan fingerprint density at radius 3 is 2.58 bits per heavy atom. The molecule has 0 aliphatic carbocycles. The third kappa shape index (κ3) is 3.75. The molecule has 5 nitrogen and oxygen atoms in total. The Morgan fingerprint density at radius 1 is 1.23 bits per heavy atom. The Hall–Kier alpha value is -2.34. The first-order valence-corrected chi connectivity index (χ1v) is 10.6. The van der Waals surface area contributed by atoms with Gasteiger partial charge in [-0.2, -0.15) is 0 Å². The summed E-state index contributed by atoms with van der Waals surface area (Å²) >= 11 is 0. The minimum Gasteiger partial charge on any atom is -0.351 e. The molecule has 26 heavy (non-hydrogen) atoms. The molecule has 1 amide bonds. The summed E-state index contributed by atoms with van der Waals surface area (Å²) in [6, 6.07) is 15.1. The van der Waals surface area contributed by atoms with E-state index in [0.717, 1.165) is 5.56 Å². The molecule has 1 aliphatic rings. The minimum atomic E-state index is -3.32. The Morgan fingerprint density at radius 2 is 1.92 bits per heavy atom. The number of anilines is 1. The summed E-state index contributed by atoms with van der Waals surface area (Å²) in [5.41, 5.74) is 3.31. The normalized spacial score (nSPS) is 17.7. The molecule has 0 fully saturated rings. The van der Waals surface area contributed by atoms with Gasteiger partial charge in [0, 0.05) is 18.2 Å². The van der Waals surface area contributed by atoms with Gasteiger partial charge < -0.3 is 5.32 Å². The second-order valence-electron chi connectivity index (χ2n) is 6.98. The topological polar surface area (TPSA) is 66.5 Å². The molecular formula is C20H24N2O3S. The fourth-order valence-electron chi connectivity index (χ4n) is 3.50. The monoisotopic (exact) mass is 372 g/mol. The number of benzene rings is 2. The SMILES string of the molecule is C[C@H](CNC(=O)c1ccc2c(c1)C[C@H](C)N2S(C)(=O)=O)c1ccccc1. The van der Waals surface area contributed by atoms with Gasteiger partial charge in [0.25, 0.3) is 5.91 Å². The molecule has 0 saturated carbocycles. The summed E-state index contributed by atoms with van der Waals surface area (Å²) in [7, 11) is -3.32. The number of rotatable bonds is 5. The number of carbonyl (C=O) groups is 1. The summed E-state index contributed by atoms with van der Waals surface area (Å²) in [5.74, 6) is 0.0800. The van der Waals surface area contributed by atoms with Gasteiger partial charge in [0.05, 0.1) is 11.9 Å². The second kappa shape index (κ2) is 7.11. The van der Waals surface area contributed by atoms with Crippen LogP contribution in [-0.2, 0) is 16.4 Å². The zero-order valence-corrected chi connectivity index (χ0v) is 16.1. The highest BCUT2D eigenvalue weighted by molar-refractivity contribution is 7.92. The maximum atomic E-state index is 12.5. The quantitative estimate of drug-likeness (QED) is 0.877. The van der Waals surface area contributed by atoms with Crippen LogP contribution < -0.4 is 9.62 Å². The van der Waals surface area contributed by atoms with E-state index in [9.17, 15) is 13.2 Å². The number of sulfonamides is 1. The first-order valence-electron chi connectivity index (χ1n) is 8.73. The Kier molecular flexibility index (Phi) is 5.05. The maximum Gasteiger partial charge on any atom is 0.251 e. The van der Waals surface area contributed by atoms with Crippen LogP contribution in [0.4, 0.5) is 5.69 Å². The van der Waals surface area contributed by atoms with Crippen molar-refractivity contribution in [1.29, 1.82) is 0 Å². The molecule has 3 rings (SSSR count). The van der Waals surface area contributed by atoms with Crippen molar-refractivity contribution >= 4 is 21.6 Å². The van der Waals surface area contributed by atoms with Gasteiger partial charge in [-0.1, -0.05) is 37.3 Å². The predicted octanol–water partition coefficient (Wildman–Crippen LogP) is 2.93. The van der Waals surface area contributed by atoms with Crippen molar-refractivity contribution in [1.82, 2.24) is 5.32 Å². The van der Waals surface area contributed by atoms with Crippen molar-refractivity contribution in [3.63, 3.8) is 0 Å². The van der Waals surface area contributed by atoms with Gasteiger partial charge in [-0.3, -0.25) is 9.10 Å². The summed E-state index contributed by atoms with van der Waals surface area (Å²) in [6.45, 7) is 4.50. The fraction of sp³-hybridized carbons (Fsp3) is 0.350. The van der Waals surface area contributed by atoms with Crippen LogP contribution >= 0.6 is 0 Å². The van der Waals surface area contributed by atoms with Crippen molar-refractivity contribution in [2.45, 2.75) is 32.2 Å². The molecule has 1 heterocycles. The lowest BCUT2D eigenvalue weighted by molar-refractivity contribution is 0.0951. The van der Waals surface area contributed by atoms with E-state index in [4.69, 9.17) is 0 Å². The Labute approximate surface area is 155 Å². The largest absolute Gasteiger partial charge is 0.351 e. The molecule has 0 unspecified atom stereocenters. The summed E-state index contributed by atoms with van der Waals surface area (Å²) in [5, 5.41) is 2.97. The van der Waals surface area contributed by atoms with E-state index < -0.39 is 10.0 Å². The lowest BCUT2D eigenvalue weighted by Crippen LogP contribution is -2.34. The van der Waals surface area contributed by atoms with Crippen LogP contribution in [0, 0.1) is 0 Å². The molecule has 0 saturated heterocycles. The molecule has 138 valence electrons. The van der Waals surface area contributed by atoms with Crippen molar-refractivity contribution < 1.29 is 13.2 Å². The van der Waals surface area contributed by atoms with Crippen molar-refractivity contribution in [2.75, 3.05) is 17.1 Å². The van der Waals surface area contributed by atoms with Crippen LogP contribution in [0.5, 0.6) is 0 Å². The van der Waals surface area contributed by atoms with Crippen LogP contribution in [0.1, 0.15) is 41.3 Å². The lowest BCUT2D eigenvalue weighted by atomic mass is 10.0. The molecule has 2 aromatic rings. The molecule has 0 radical (unpaired) electrons. The first-order chi connectivity index (χ1) is 12.3. The third-order valence-electron chi connectivity index (χ3n) is 4.79. The summed E-state index contributed by atoms with van der Waals surface area (Å²) < 4.78 is 25.4. The fourth-order valence-corrected chi connectivity index (χ4v) is 4.76. The van der Waals surface area contributed by atoms with E-state index >= 15 is 0 Å². The van der Waals surface area contributed by atoms with E-state index in [-0.39, 0.29) is 17.9 Å².